The van der Waals surface area contributed by atoms with E-state index < -0.39 is 10.0 Å². The third-order valence-corrected chi connectivity index (χ3v) is 4.52. The van der Waals surface area contributed by atoms with Crippen LogP contribution in [0.15, 0.2) is 53.4 Å². The smallest absolute Gasteiger partial charge is 0.261 e. The van der Waals surface area contributed by atoms with Gasteiger partial charge in [0.1, 0.15) is 0 Å². The second-order valence-electron chi connectivity index (χ2n) is 4.51. The van der Waals surface area contributed by atoms with Crippen LogP contribution in [0, 0.1) is 0 Å². The molecule has 0 atom stereocenters. The van der Waals surface area contributed by atoms with Gasteiger partial charge in [0, 0.05) is 18.8 Å². The molecule has 0 amide bonds. The number of hydrogen-bond acceptors (Lipinski definition) is 3. The summed E-state index contributed by atoms with van der Waals surface area (Å²) in [5, 5.41) is 3.20. The Morgan fingerprint density at radius 3 is 2.47 bits per heavy atom. The molecule has 4 nitrogen and oxygen atoms in total. The topological polar surface area (TPSA) is 58.2 Å². The van der Waals surface area contributed by atoms with E-state index in [2.05, 4.69) is 10.0 Å². The molecule has 0 saturated heterocycles. The summed E-state index contributed by atoms with van der Waals surface area (Å²) in [5.74, 6) is 0. The van der Waals surface area contributed by atoms with E-state index in [-0.39, 0.29) is 0 Å². The van der Waals surface area contributed by atoms with Crippen molar-refractivity contribution in [3.63, 3.8) is 0 Å². The van der Waals surface area contributed by atoms with E-state index >= 15 is 0 Å². The predicted molar refractivity (Wildman–Crippen MR) is 74.2 cm³/mol. The minimum Gasteiger partial charge on any atom is -0.309 e. The molecule has 0 spiro atoms. The highest BCUT2D eigenvalue weighted by Crippen LogP contribution is 2.21. The molecule has 0 bridgehead atoms. The Hall–Kier alpha value is -1.85. The lowest BCUT2D eigenvalue weighted by atomic mass is 10.1. The number of rotatable bonds is 3. The minimum absolute atomic E-state index is 0.304. The second-order valence-corrected chi connectivity index (χ2v) is 6.19. The molecular weight excluding hydrogens is 260 g/mol. The summed E-state index contributed by atoms with van der Waals surface area (Å²) in [7, 11) is -3.51. The Balaban J connectivity index is 1.92. The normalized spacial score (nSPS) is 14.1. The molecule has 98 valence electrons. The summed E-state index contributed by atoms with van der Waals surface area (Å²) in [6.45, 7) is 1.53. The Kier molecular flexibility index (Phi) is 3.00. The highest BCUT2D eigenvalue weighted by Gasteiger charge is 2.18. The van der Waals surface area contributed by atoms with Gasteiger partial charge in [0.25, 0.3) is 10.0 Å². The number of nitrogens with one attached hydrogen (secondary N) is 2. The van der Waals surface area contributed by atoms with Crippen LogP contribution in [-0.2, 0) is 23.1 Å². The number of benzene rings is 2. The lowest BCUT2D eigenvalue weighted by Gasteiger charge is -2.09. The van der Waals surface area contributed by atoms with E-state index in [1.807, 2.05) is 12.1 Å². The second kappa shape index (κ2) is 4.68. The lowest BCUT2D eigenvalue weighted by Crippen LogP contribution is -2.13. The van der Waals surface area contributed by atoms with Gasteiger partial charge >= 0.3 is 0 Å². The molecule has 5 heteroatoms. The molecule has 2 aromatic carbocycles. The largest absolute Gasteiger partial charge is 0.309 e. The van der Waals surface area contributed by atoms with Crippen molar-refractivity contribution >= 4 is 15.7 Å². The number of anilines is 1. The molecule has 0 radical (unpaired) electrons. The summed E-state index contributed by atoms with van der Waals surface area (Å²) in [6.07, 6.45) is 0. The summed E-state index contributed by atoms with van der Waals surface area (Å²) >= 11 is 0. The van der Waals surface area contributed by atoms with E-state index in [9.17, 15) is 8.42 Å². The third kappa shape index (κ3) is 2.47. The van der Waals surface area contributed by atoms with Gasteiger partial charge in [-0.1, -0.05) is 24.3 Å². The van der Waals surface area contributed by atoms with Crippen LogP contribution in [0.4, 0.5) is 5.69 Å². The zero-order valence-corrected chi connectivity index (χ0v) is 11.1. The zero-order chi connectivity index (χ0) is 13.3. The molecule has 0 unspecified atom stereocenters. The van der Waals surface area contributed by atoms with Crippen LogP contribution in [0.1, 0.15) is 11.1 Å². The molecule has 2 N–H and O–H groups in total. The van der Waals surface area contributed by atoms with Crippen LogP contribution < -0.4 is 10.0 Å². The van der Waals surface area contributed by atoms with Crippen molar-refractivity contribution in [2.24, 2.45) is 0 Å². The highest BCUT2D eigenvalue weighted by molar-refractivity contribution is 7.92. The van der Waals surface area contributed by atoms with E-state index in [1.54, 1.807) is 36.4 Å². The first-order valence-electron chi connectivity index (χ1n) is 6.05. The van der Waals surface area contributed by atoms with E-state index in [4.69, 9.17) is 0 Å². The van der Waals surface area contributed by atoms with Gasteiger partial charge < -0.3 is 5.32 Å². The summed E-state index contributed by atoms with van der Waals surface area (Å²) in [5.41, 5.74) is 2.79. The molecule has 2 aromatic rings. The molecule has 3 rings (SSSR count). The fourth-order valence-corrected chi connectivity index (χ4v) is 3.27. The fourth-order valence-electron chi connectivity index (χ4n) is 2.16. The quantitative estimate of drug-likeness (QED) is 0.901. The predicted octanol–water partition coefficient (Wildman–Crippen LogP) is 2.09. The van der Waals surface area contributed by atoms with Crippen LogP contribution in [0.2, 0.25) is 0 Å². The van der Waals surface area contributed by atoms with Crippen molar-refractivity contribution in [2.45, 2.75) is 18.0 Å². The zero-order valence-electron chi connectivity index (χ0n) is 10.3. The molecule has 1 heterocycles. The molecule has 0 aliphatic carbocycles. The molecule has 19 heavy (non-hydrogen) atoms. The summed E-state index contributed by atoms with van der Waals surface area (Å²) in [4.78, 5) is 0.304. The average Bonchev–Trinajstić information content (AvgIpc) is 2.86. The standard InChI is InChI=1S/C14H14N2O2S/c17-19(18,16-13-4-2-1-3-5-13)14-7-6-11-9-15-10-12(11)8-14/h1-8,15-16H,9-10H2. The van der Waals surface area contributed by atoms with Gasteiger partial charge in [0.15, 0.2) is 0 Å². The Bertz CT molecular complexity index is 697. The summed E-state index contributed by atoms with van der Waals surface area (Å²) < 4.78 is 27.1. The minimum atomic E-state index is -3.51. The molecule has 0 aromatic heterocycles. The van der Waals surface area contributed by atoms with Crippen molar-refractivity contribution in [3.05, 3.63) is 59.7 Å². The van der Waals surface area contributed by atoms with Gasteiger partial charge in [-0.15, -0.1) is 0 Å². The Morgan fingerprint density at radius 1 is 0.947 bits per heavy atom. The molecule has 1 aliphatic rings. The first-order chi connectivity index (χ1) is 9.15. The highest BCUT2D eigenvalue weighted by atomic mass is 32.2. The van der Waals surface area contributed by atoms with Gasteiger partial charge in [-0.2, -0.15) is 0 Å². The van der Waals surface area contributed by atoms with Crippen molar-refractivity contribution in [1.82, 2.24) is 5.32 Å². The van der Waals surface area contributed by atoms with E-state index in [0.29, 0.717) is 10.6 Å². The first kappa shape index (κ1) is 12.2. The van der Waals surface area contributed by atoms with Crippen LogP contribution in [0.5, 0.6) is 0 Å². The van der Waals surface area contributed by atoms with E-state index in [1.165, 1.54) is 5.56 Å². The number of para-hydroxylation sites is 1. The van der Waals surface area contributed by atoms with Gasteiger partial charge in [-0.3, -0.25) is 4.72 Å². The maximum atomic E-state index is 12.3. The first-order valence-corrected chi connectivity index (χ1v) is 7.54. The Labute approximate surface area is 112 Å². The number of fused-ring (bicyclic) bond motifs is 1. The van der Waals surface area contributed by atoms with Crippen molar-refractivity contribution < 1.29 is 8.42 Å². The maximum Gasteiger partial charge on any atom is 0.261 e. The molecule has 1 aliphatic heterocycles. The van der Waals surface area contributed by atoms with Crippen LogP contribution >= 0.6 is 0 Å². The number of hydrogen-bond donors (Lipinski definition) is 2. The molecular formula is C14H14N2O2S. The average molecular weight is 274 g/mol. The van der Waals surface area contributed by atoms with Gasteiger partial charge in [-0.05, 0) is 35.4 Å². The Morgan fingerprint density at radius 2 is 1.68 bits per heavy atom. The monoisotopic (exact) mass is 274 g/mol. The SMILES string of the molecule is O=S(=O)(Nc1ccccc1)c1ccc2c(c1)CNC2. The van der Waals surface area contributed by atoms with Gasteiger partial charge in [0.2, 0.25) is 0 Å². The fraction of sp³-hybridized carbons (Fsp3) is 0.143. The van der Waals surface area contributed by atoms with Crippen molar-refractivity contribution in [1.29, 1.82) is 0 Å². The van der Waals surface area contributed by atoms with Crippen LogP contribution in [0.25, 0.3) is 0 Å². The maximum absolute atomic E-state index is 12.3. The van der Waals surface area contributed by atoms with Gasteiger partial charge in [0.05, 0.1) is 4.90 Å². The van der Waals surface area contributed by atoms with Crippen molar-refractivity contribution in [3.8, 4) is 0 Å². The van der Waals surface area contributed by atoms with Crippen molar-refractivity contribution in [2.75, 3.05) is 4.72 Å². The van der Waals surface area contributed by atoms with Crippen LogP contribution in [0.3, 0.4) is 0 Å². The third-order valence-electron chi connectivity index (χ3n) is 3.14. The van der Waals surface area contributed by atoms with E-state index in [0.717, 1.165) is 18.7 Å². The molecule has 0 saturated carbocycles. The number of sulfonamides is 1. The molecule has 0 fully saturated rings. The lowest BCUT2D eigenvalue weighted by molar-refractivity contribution is 0.601. The van der Waals surface area contributed by atoms with Crippen LogP contribution in [-0.4, -0.2) is 8.42 Å². The van der Waals surface area contributed by atoms with Gasteiger partial charge in [-0.25, -0.2) is 8.42 Å². The summed E-state index contributed by atoms with van der Waals surface area (Å²) in [6, 6.07) is 14.2.